The quantitative estimate of drug-likeness (QED) is 0.842. The van der Waals surface area contributed by atoms with Gasteiger partial charge in [-0.15, -0.1) is 0 Å². The third-order valence-corrected chi connectivity index (χ3v) is 4.82. The van der Waals surface area contributed by atoms with Gasteiger partial charge in [-0.25, -0.2) is 9.18 Å². The highest BCUT2D eigenvalue weighted by Crippen LogP contribution is 2.34. The Morgan fingerprint density at radius 1 is 1.36 bits per heavy atom. The summed E-state index contributed by atoms with van der Waals surface area (Å²) in [6.07, 6.45) is 1.14. The fourth-order valence-corrected chi connectivity index (χ4v) is 3.55. The van der Waals surface area contributed by atoms with E-state index in [4.69, 9.17) is 4.74 Å². The first-order valence-electron chi connectivity index (χ1n) is 8.23. The molecule has 0 radical (unpaired) electrons. The third kappa shape index (κ3) is 2.68. The van der Waals surface area contributed by atoms with Crippen LogP contribution in [-0.2, 0) is 24.1 Å². The molecule has 2 aromatic rings. The Morgan fingerprint density at radius 2 is 2.24 bits per heavy atom. The fourth-order valence-electron chi connectivity index (χ4n) is 3.55. The van der Waals surface area contributed by atoms with Crippen molar-refractivity contribution >= 4 is 5.82 Å². The van der Waals surface area contributed by atoms with Gasteiger partial charge >= 0.3 is 5.69 Å². The number of nitriles is 1. The van der Waals surface area contributed by atoms with E-state index in [1.54, 1.807) is 10.6 Å². The topological polar surface area (TPSA) is 71.2 Å². The number of hydrogen-bond acceptors (Lipinski definition) is 5. The van der Waals surface area contributed by atoms with E-state index in [-0.39, 0.29) is 24.7 Å². The highest BCUT2D eigenvalue weighted by atomic mass is 19.1. The fraction of sp³-hybridized carbons (Fsp3) is 0.389. The first kappa shape index (κ1) is 15.8. The summed E-state index contributed by atoms with van der Waals surface area (Å²) >= 11 is 0. The van der Waals surface area contributed by atoms with Crippen molar-refractivity contribution in [2.24, 2.45) is 0 Å². The standard InChI is InChI=1S/C18H17FN4O2/c19-14-3-1-2-13(8-14)4-5-15-9-16-22(17(24)21-15)11-18(10-20)12-25-7-6-23(16)18/h1-3,8-9H,4-7,11-12H2. The predicted molar refractivity (Wildman–Crippen MR) is 88.8 cm³/mol. The number of aryl methyl sites for hydroxylation is 2. The Bertz CT molecular complexity index is 920. The van der Waals surface area contributed by atoms with Crippen LogP contribution in [0.1, 0.15) is 11.3 Å². The van der Waals surface area contributed by atoms with E-state index in [1.807, 2.05) is 17.0 Å². The Kier molecular flexibility index (Phi) is 3.77. The Balaban J connectivity index is 1.63. The minimum Gasteiger partial charge on any atom is -0.376 e. The van der Waals surface area contributed by atoms with Gasteiger partial charge in [0.25, 0.3) is 0 Å². The van der Waals surface area contributed by atoms with Gasteiger partial charge in [0.15, 0.2) is 5.54 Å². The molecule has 1 saturated heterocycles. The van der Waals surface area contributed by atoms with E-state index < -0.39 is 5.54 Å². The minimum atomic E-state index is -0.826. The molecule has 6 nitrogen and oxygen atoms in total. The molecule has 2 aliphatic heterocycles. The summed E-state index contributed by atoms with van der Waals surface area (Å²) in [5.41, 5.74) is 0.337. The van der Waals surface area contributed by atoms with Crippen molar-refractivity contribution < 1.29 is 9.13 Å². The van der Waals surface area contributed by atoms with Gasteiger partial charge in [-0.1, -0.05) is 12.1 Å². The van der Waals surface area contributed by atoms with Gasteiger partial charge in [0, 0.05) is 12.6 Å². The second kappa shape index (κ2) is 5.97. The van der Waals surface area contributed by atoms with Gasteiger partial charge in [0.2, 0.25) is 0 Å². The van der Waals surface area contributed by atoms with Crippen LogP contribution in [0.3, 0.4) is 0 Å². The third-order valence-electron chi connectivity index (χ3n) is 4.82. The molecule has 2 aliphatic rings. The molecule has 128 valence electrons. The van der Waals surface area contributed by atoms with Crippen molar-refractivity contribution in [3.05, 3.63) is 57.9 Å². The number of benzene rings is 1. The maximum Gasteiger partial charge on any atom is 0.349 e. The second-order valence-corrected chi connectivity index (χ2v) is 6.45. The summed E-state index contributed by atoms with van der Waals surface area (Å²) in [5.74, 6) is 0.450. The number of ether oxygens (including phenoxy) is 1. The maximum atomic E-state index is 13.3. The number of fused-ring (bicyclic) bond motifs is 3. The van der Waals surface area contributed by atoms with Gasteiger partial charge in [-0.05, 0) is 30.5 Å². The molecule has 0 spiro atoms. The Hall–Kier alpha value is -2.72. The average Bonchev–Trinajstić information content (AvgIpc) is 2.96. The lowest BCUT2D eigenvalue weighted by molar-refractivity contribution is 0.0726. The molecular formula is C18H17FN4O2. The van der Waals surface area contributed by atoms with E-state index in [0.29, 0.717) is 31.7 Å². The van der Waals surface area contributed by atoms with Crippen LogP contribution in [0.5, 0.6) is 0 Å². The molecule has 0 bridgehead atoms. The molecule has 1 aromatic carbocycles. The molecule has 0 N–H and O–H groups in total. The SMILES string of the molecule is N#CC12COCCN1c1cc(CCc3cccc(F)c3)nc(=O)n1C2. The number of anilines is 1. The zero-order valence-corrected chi connectivity index (χ0v) is 13.6. The number of hydrogen-bond donors (Lipinski definition) is 0. The molecule has 1 aromatic heterocycles. The van der Waals surface area contributed by atoms with Crippen LogP contribution in [0.25, 0.3) is 0 Å². The number of nitrogens with zero attached hydrogens (tertiary/aromatic N) is 4. The van der Waals surface area contributed by atoms with Gasteiger partial charge in [0.1, 0.15) is 11.6 Å². The lowest BCUT2D eigenvalue weighted by Crippen LogP contribution is -2.54. The monoisotopic (exact) mass is 340 g/mol. The molecule has 0 aliphatic carbocycles. The number of rotatable bonds is 3. The van der Waals surface area contributed by atoms with Crippen LogP contribution in [0, 0.1) is 17.1 Å². The van der Waals surface area contributed by atoms with Crippen LogP contribution >= 0.6 is 0 Å². The van der Waals surface area contributed by atoms with Crippen molar-refractivity contribution in [3.8, 4) is 6.07 Å². The van der Waals surface area contributed by atoms with Crippen molar-refractivity contribution in [1.82, 2.24) is 9.55 Å². The van der Waals surface area contributed by atoms with Crippen molar-refractivity contribution in [2.45, 2.75) is 24.9 Å². The smallest absolute Gasteiger partial charge is 0.349 e. The highest BCUT2D eigenvalue weighted by molar-refractivity contribution is 5.52. The molecule has 1 atom stereocenters. The van der Waals surface area contributed by atoms with Crippen molar-refractivity contribution in [3.63, 3.8) is 0 Å². The normalized spacial score (nSPS) is 21.5. The van der Waals surface area contributed by atoms with Crippen LogP contribution in [0.2, 0.25) is 0 Å². The molecule has 7 heteroatoms. The van der Waals surface area contributed by atoms with Crippen molar-refractivity contribution in [1.29, 1.82) is 5.26 Å². The van der Waals surface area contributed by atoms with Gasteiger partial charge in [-0.2, -0.15) is 10.2 Å². The van der Waals surface area contributed by atoms with Crippen LogP contribution in [0.15, 0.2) is 35.1 Å². The van der Waals surface area contributed by atoms with Gasteiger partial charge in [-0.3, -0.25) is 4.57 Å². The number of halogens is 1. The minimum absolute atomic E-state index is 0.272. The van der Waals surface area contributed by atoms with Crippen LogP contribution in [0.4, 0.5) is 10.2 Å². The first-order chi connectivity index (χ1) is 12.1. The average molecular weight is 340 g/mol. The van der Waals surface area contributed by atoms with Gasteiger partial charge in [0.05, 0.1) is 31.5 Å². The molecule has 1 fully saturated rings. The zero-order chi connectivity index (χ0) is 17.4. The van der Waals surface area contributed by atoms with Gasteiger partial charge < -0.3 is 9.64 Å². The number of aromatic nitrogens is 2. The Morgan fingerprint density at radius 3 is 3.04 bits per heavy atom. The molecule has 0 amide bonds. The van der Waals surface area contributed by atoms with Crippen LogP contribution in [-0.4, -0.2) is 34.8 Å². The van der Waals surface area contributed by atoms with E-state index in [2.05, 4.69) is 11.1 Å². The van der Waals surface area contributed by atoms with E-state index >= 15 is 0 Å². The molecule has 1 unspecified atom stereocenters. The second-order valence-electron chi connectivity index (χ2n) is 6.45. The largest absolute Gasteiger partial charge is 0.376 e. The maximum absolute atomic E-state index is 13.3. The first-order valence-corrected chi connectivity index (χ1v) is 8.23. The molecule has 4 rings (SSSR count). The van der Waals surface area contributed by atoms with E-state index in [0.717, 1.165) is 11.4 Å². The summed E-state index contributed by atoms with van der Waals surface area (Å²) in [6, 6.07) is 10.6. The molecule has 25 heavy (non-hydrogen) atoms. The summed E-state index contributed by atoms with van der Waals surface area (Å²) in [6.45, 7) is 1.65. The van der Waals surface area contributed by atoms with Crippen LogP contribution < -0.4 is 10.6 Å². The number of morpholine rings is 1. The molecular weight excluding hydrogens is 323 g/mol. The lowest BCUT2D eigenvalue weighted by Gasteiger charge is -2.37. The predicted octanol–water partition coefficient (Wildman–Crippen LogP) is 1.28. The van der Waals surface area contributed by atoms with Crippen molar-refractivity contribution in [2.75, 3.05) is 24.7 Å². The Labute approximate surface area is 144 Å². The van der Waals surface area contributed by atoms with E-state index in [9.17, 15) is 14.4 Å². The summed E-state index contributed by atoms with van der Waals surface area (Å²) in [4.78, 5) is 18.5. The summed E-state index contributed by atoms with van der Waals surface area (Å²) in [5, 5.41) is 9.62. The highest BCUT2D eigenvalue weighted by Gasteiger charge is 2.47. The summed E-state index contributed by atoms with van der Waals surface area (Å²) in [7, 11) is 0. The molecule has 3 heterocycles. The zero-order valence-electron chi connectivity index (χ0n) is 13.6. The summed E-state index contributed by atoms with van der Waals surface area (Å²) < 4.78 is 20.3. The van der Waals surface area contributed by atoms with E-state index in [1.165, 1.54) is 12.1 Å². The lowest BCUT2D eigenvalue weighted by atomic mass is 10.0. The molecule has 0 saturated carbocycles.